The summed E-state index contributed by atoms with van der Waals surface area (Å²) >= 11 is 5.99. The van der Waals surface area contributed by atoms with Crippen LogP contribution in [0, 0.1) is 11.3 Å². The van der Waals surface area contributed by atoms with Crippen molar-refractivity contribution in [1.82, 2.24) is 5.32 Å². The maximum atomic E-state index is 10.3. The Morgan fingerprint density at radius 2 is 2.18 bits per heavy atom. The van der Waals surface area contributed by atoms with Crippen molar-refractivity contribution in [1.29, 1.82) is 5.26 Å². The average molecular weight is 401 g/mol. The fourth-order valence-corrected chi connectivity index (χ4v) is 3.50. The average Bonchev–Trinajstić information content (AvgIpc) is 3.12. The van der Waals surface area contributed by atoms with E-state index in [4.69, 9.17) is 21.1 Å². The second-order valence-corrected chi connectivity index (χ2v) is 8.08. The van der Waals surface area contributed by atoms with Crippen LogP contribution in [-0.4, -0.2) is 36.5 Å². The third kappa shape index (κ3) is 5.17. The first-order valence-electron chi connectivity index (χ1n) is 9.37. The molecule has 0 spiro atoms. The zero-order valence-corrected chi connectivity index (χ0v) is 16.9. The highest BCUT2D eigenvalue weighted by Crippen LogP contribution is 2.27. The van der Waals surface area contributed by atoms with E-state index in [1.807, 2.05) is 12.1 Å². The van der Waals surface area contributed by atoms with Gasteiger partial charge in [0.05, 0.1) is 11.6 Å². The van der Waals surface area contributed by atoms with E-state index in [9.17, 15) is 10.4 Å². The summed E-state index contributed by atoms with van der Waals surface area (Å²) in [5.74, 6) is 1.37. The van der Waals surface area contributed by atoms with Gasteiger partial charge in [0.1, 0.15) is 35.8 Å². The van der Waals surface area contributed by atoms with E-state index in [1.165, 1.54) is 11.1 Å². The van der Waals surface area contributed by atoms with Crippen molar-refractivity contribution in [3.8, 4) is 17.6 Å². The predicted octanol–water partition coefficient (Wildman–Crippen LogP) is 3.50. The Balaban J connectivity index is 1.50. The number of fused-ring (bicyclic) bond motifs is 1. The van der Waals surface area contributed by atoms with E-state index in [2.05, 4.69) is 31.3 Å². The first-order valence-corrected chi connectivity index (χ1v) is 9.75. The number of nitrogens with one attached hydrogen (secondary N) is 1. The second kappa shape index (κ2) is 8.83. The summed E-state index contributed by atoms with van der Waals surface area (Å²) in [5.41, 5.74) is 2.59. The molecule has 1 aliphatic heterocycles. The van der Waals surface area contributed by atoms with Crippen LogP contribution in [0.1, 0.15) is 30.5 Å². The largest absolute Gasteiger partial charge is 0.493 e. The lowest BCUT2D eigenvalue weighted by atomic mass is 9.93. The molecule has 6 heteroatoms. The van der Waals surface area contributed by atoms with Crippen molar-refractivity contribution in [2.45, 2.75) is 38.3 Å². The number of nitriles is 1. The summed E-state index contributed by atoms with van der Waals surface area (Å²) < 4.78 is 11.2. The van der Waals surface area contributed by atoms with Crippen molar-refractivity contribution in [3.05, 3.63) is 58.1 Å². The maximum absolute atomic E-state index is 10.3. The highest BCUT2D eigenvalue weighted by Gasteiger charge is 2.21. The van der Waals surface area contributed by atoms with Gasteiger partial charge in [0.15, 0.2) is 0 Å². The fourth-order valence-electron chi connectivity index (χ4n) is 3.29. The standard InChI is InChI=1S/C22H25ClN2O3/c1-22(2,11-15-6-7-20-16(10-15)8-9-27-20)25-13-17(26)14-28-21-5-3-4-19(23)18(21)12-24/h3-7,10,17,25-26H,8-9,11,13-14H2,1-2H3/t17-/m1/s1. The zero-order valence-electron chi connectivity index (χ0n) is 16.2. The number of aliphatic hydroxyl groups excluding tert-OH is 1. The molecule has 0 aromatic heterocycles. The van der Waals surface area contributed by atoms with Crippen LogP contribution in [0.4, 0.5) is 0 Å². The molecule has 2 aromatic rings. The highest BCUT2D eigenvalue weighted by molar-refractivity contribution is 6.31. The number of benzene rings is 2. The fraction of sp³-hybridized carbons (Fsp3) is 0.409. The van der Waals surface area contributed by atoms with Gasteiger partial charge in [-0.25, -0.2) is 0 Å². The first-order chi connectivity index (χ1) is 13.4. The Kier molecular flexibility index (Phi) is 6.46. The molecule has 0 saturated carbocycles. The Hall–Kier alpha value is -2.26. The van der Waals surface area contributed by atoms with Gasteiger partial charge in [0, 0.05) is 18.5 Å². The van der Waals surface area contributed by atoms with Gasteiger partial charge in [-0.1, -0.05) is 29.8 Å². The third-order valence-electron chi connectivity index (χ3n) is 4.73. The van der Waals surface area contributed by atoms with E-state index >= 15 is 0 Å². The molecule has 1 aliphatic rings. The zero-order chi connectivity index (χ0) is 20.1. The minimum atomic E-state index is -0.710. The summed E-state index contributed by atoms with van der Waals surface area (Å²) in [6, 6.07) is 13.4. The molecule has 1 heterocycles. The van der Waals surface area contributed by atoms with Gasteiger partial charge in [-0.2, -0.15) is 5.26 Å². The quantitative estimate of drug-likeness (QED) is 0.709. The minimum Gasteiger partial charge on any atom is -0.493 e. The number of ether oxygens (including phenoxy) is 2. The lowest BCUT2D eigenvalue weighted by Gasteiger charge is -2.28. The van der Waals surface area contributed by atoms with Gasteiger partial charge in [-0.05, 0) is 49.6 Å². The Morgan fingerprint density at radius 3 is 2.96 bits per heavy atom. The molecule has 0 fully saturated rings. The van der Waals surface area contributed by atoms with Crippen LogP contribution in [0.15, 0.2) is 36.4 Å². The molecular weight excluding hydrogens is 376 g/mol. The van der Waals surface area contributed by atoms with Crippen LogP contribution in [-0.2, 0) is 12.8 Å². The summed E-state index contributed by atoms with van der Waals surface area (Å²) in [5, 5.41) is 23.2. The molecule has 0 bridgehead atoms. The van der Waals surface area contributed by atoms with Gasteiger partial charge < -0.3 is 19.9 Å². The first kappa shape index (κ1) is 20.5. The third-order valence-corrected chi connectivity index (χ3v) is 5.05. The number of hydrogen-bond acceptors (Lipinski definition) is 5. The molecular formula is C22H25ClN2O3. The summed E-state index contributed by atoms with van der Waals surface area (Å²) in [4.78, 5) is 0. The predicted molar refractivity (Wildman–Crippen MR) is 109 cm³/mol. The summed E-state index contributed by atoms with van der Waals surface area (Å²) in [7, 11) is 0. The van der Waals surface area contributed by atoms with Gasteiger partial charge in [-0.3, -0.25) is 0 Å². The molecule has 5 nitrogen and oxygen atoms in total. The van der Waals surface area contributed by atoms with Gasteiger partial charge in [-0.15, -0.1) is 0 Å². The van der Waals surface area contributed by atoms with E-state index < -0.39 is 6.10 Å². The van der Waals surface area contributed by atoms with Crippen molar-refractivity contribution < 1.29 is 14.6 Å². The van der Waals surface area contributed by atoms with Crippen molar-refractivity contribution in [2.75, 3.05) is 19.8 Å². The minimum absolute atomic E-state index is 0.0777. The Labute approximate surface area is 170 Å². The van der Waals surface area contributed by atoms with Gasteiger partial charge in [0.25, 0.3) is 0 Å². The lowest BCUT2D eigenvalue weighted by Crippen LogP contribution is -2.46. The van der Waals surface area contributed by atoms with Crippen molar-refractivity contribution >= 4 is 11.6 Å². The molecule has 0 unspecified atom stereocenters. The summed E-state index contributed by atoms with van der Waals surface area (Å²) in [6.45, 7) is 5.43. The molecule has 0 amide bonds. The SMILES string of the molecule is CC(C)(Cc1ccc2c(c1)CCO2)NC[C@@H](O)COc1cccc(Cl)c1C#N. The number of halogens is 1. The molecule has 0 aliphatic carbocycles. The van der Waals surface area contributed by atoms with Crippen LogP contribution in [0.2, 0.25) is 5.02 Å². The number of hydrogen-bond donors (Lipinski definition) is 2. The molecule has 0 saturated heterocycles. The molecule has 2 N–H and O–H groups in total. The van der Waals surface area contributed by atoms with Crippen LogP contribution < -0.4 is 14.8 Å². The van der Waals surface area contributed by atoms with Crippen molar-refractivity contribution in [3.63, 3.8) is 0 Å². The van der Waals surface area contributed by atoms with Crippen LogP contribution in [0.5, 0.6) is 11.5 Å². The monoisotopic (exact) mass is 400 g/mol. The summed E-state index contributed by atoms with van der Waals surface area (Å²) in [6.07, 6.45) is 1.08. The normalized spacial score (nSPS) is 14.1. The van der Waals surface area contributed by atoms with Crippen LogP contribution in [0.3, 0.4) is 0 Å². The molecule has 2 aromatic carbocycles. The smallest absolute Gasteiger partial charge is 0.138 e. The van der Waals surface area contributed by atoms with E-state index in [0.717, 1.165) is 25.2 Å². The topological polar surface area (TPSA) is 74.5 Å². The number of nitrogens with zero attached hydrogens (tertiary/aromatic N) is 1. The Bertz CT molecular complexity index is 877. The second-order valence-electron chi connectivity index (χ2n) is 7.67. The molecule has 148 valence electrons. The molecule has 3 rings (SSSR count). The van der Waals surface area contributed by atoms with Gasteiger partial charge in [0.2, 0.25) is 0 Å². The van der Waals surface area contributed by atoms with Gasteiger partial charge >= 0.3 is 0 Å². The lowest BCUT2D eigenvalue weighted by molar-refractivity contribution is 0.0987. The Morgan fingerprint density at radius 1 is 1.36 bits per heavy atom. The van der Waals surface area contributed by atoms with E-state index in [-0.39, 0.29) is 17.7 Å². The van der Waals surface area contributed by atoms with Crippen LogP contribution >= 0.6 is 11.6 Å². The van der Waals surface area contributed by atoms with E-state index in [0.29, 0.717) is 17.3 Å². The number of rotatable bonds is 8. The van der Waals surface area contributed by atoms with E-state index in [1.54, 1.807) is 18.2 Å². The van der Waals surface area contributed by atoms with Crippen LogP contribution in [0.25, 0.3) is 0 Å². The highest BCUT2D eigenvalue weighted by atomic mass is 35.5. The maximum Gasteiger partial charge on any atom is 0.138 e. The molecule has 28 heavy (non-hydrogen) atoms. The molecule has 1 atom stereocenters. The van der Waals surface area contributed by atoms with Crippen molar-refractivity contribution in [2.24, 2.45) is 0 Å². The number of aliphatic hydroxyl groups is 1. The molecule has 0 radical (unpaired) electrons. The number of β-amino-alcohol motifs (C(OH)–C–C–N with tert-alkyl or cyclic N) is 1.